The lowest BCUT2D eigenvalue weighted by Gasteiger charge is -2.41. The number of hydroxylamine groups is 1. The lowest BCUT2D eigenvalue weighted by molar-refractivity contribution is -0.148. The first-order valence-corrected chi connectivity index (χ1v) is 11.0. The number of carbonyl (C=O) groups excluding carboxylic acids is 4. The molecule has 2 N–H and O–H groups in total. The first-order valence-electron chi connectivity index (χ1n) is 11.0. The maximum atomic E-state index is 13.3. The summed E-state index contributed by atoms with van der Waals surface area (Å²) in [4.78, 5) is 57.0. The predicted molar refractivity (Wildman–Crippen MR) is 115 cm³/mol. The minimum atomic E-state index is -0.801. The Balaban J connectivity index is 1.42. The van der Waals surface area contributed by atoms with Crippen molar-refractivity contribution in [2.24, 2.45) is 11.8 Å². The van der Waals surface area contributed by atoms with E-state index in [0.717, 1.165) is 5.69 Å². The smallest absolute Gasteiger partial charge is 0.327 e. The zero-order chi connectivity index (χ0) is 22.8. The molecule has 172 valence electrons. The number of hydrogen-bond acceptors (Lipinski definition) is 6. The molecular weight excluding hydrogens is 414 g/mol. The normalized spacial score (nSPS) is 26.5. The molecule has 3 aliphatic rings. The van der Waals surface area contributed by atoms with Crippen molar-refractivity contribution in [3.8, 4) is 0 Å². The van der Waals surface area contributed by atoms with Crippen molar-refractivity contribution in [1.29, 1.82) is 0 Å². The van der Waals surface area contributed by atoms with Gasteiger partial charge in [-0.3, -0.25) is 24.5 Å². The zero-order valence-electron chi connectivity index (χ0n) is 18.1. The molecule has 1 saturated carbocycles. The molecule has 0 radical (unpaired) electrons. The molecule has 1 aromatic rings. The number of hydrogen-bond donors (Lipinski definition) is 2. The number of carbonyl (C=O) groups is 4. The molecule has 0 bridgehead atoms. The van der Waals surface area contributed by atoms with Crippen molar-refractivity contribution in [2.45, 2.75) is 25.3 Å². The number of imide groups is 1. The van der Waals surface area contributed by atoms with Gasteiger partial charge in [-0.1, -0.05) is 18.2 Å². The Hall–Kier alpha value is -3.14. The largest absolute Gasteiger partial charge is 0.368 e. The minimum Gasteiger partial charge on any atom is -0.368 e. The van der Waals surface area contributed by atoms with Gasteiger partial charge >= 0.3 is 6.03 Å². The summed E-state index contributed by atoms with van der Waals surface area (Å²) in [6.07, 6.45) is 1.00. The molecule has 10 nitrogen and oxygen atoms in total. The summed E-state index contributed by atoms with van der Waals surface area (Å²) in [5, 5.41) is 9.27. The second-order valence-corrected chi connectivity index (χ2v) is 8.71. The van der Waals surface area contributed by atoms with E-state index >= 15 is 0 Å². The van der Waals surface area contributed by atoms with Crippen molar-refractivity contribution >= 4 is 29.4 Å². The SMILES string of the molecule is CN1CC(=O)N([C@@H]2CC[C@@H](C(=O)N3CCN(c4ccccc4)CC3)[C@H](C(=O)NO)C2)C1=O. The molecule has 1 aromatic carbocycles. The summed E-state index contributed by atoms with van der Waals surface area (Å²) >= 11 is 0. The molecule has 2 saturated heterocycles. The van der Waals surface area contributed by atoms with Crippen LogP contribution in [0.1, 0.15) is 19.3 Å². The maximum Gasteiger partial charge on any atom is 0.327 e. The number of nitrogens with zero attached hydrogens (tertiary/aromatic N) is 4. The van der Waals surface area contributed by atoms with Crippen LogP contribution in [-0.4, -0.2) is 89.5 Å². The highest BCUT2D eigenvalue weighted by atomic mass is 16.5. The number of rotatable bonds is 4. The molecule has 1 aliphatic carbocycles. The van der Waals surface area contributed by atoms with Crippen LogP contribution < -0.4 is 10.4 Å². The molecule has 2 heterocycles. The van der Waals surface area contributed by atoms with Gasteiger partial charge in [-0.05, 0) is 31.4 Å². The summed E-state index contributed by atoms with van der Waals surface area (Å²) in [7, 11) is 1.56. The van der Waals surface area contributed by atoms with E-state index in [0.29, 0.717) is 39.0 Å². The van der Waals surface area contributed by atoms with Gasteiger partial charge in [0.1, 0.15) is 6.54 Å². The Labute approximate surface area is 186 Å². The van der Waals surface area contributed by atoms with E-state index in [9.17, 15) is 24.4 Å². The number of piperazine rings is 1. The fourth-order valence-electron chi connectivity index (χ4n) is 5.11. The molecular formula is C22H29N5O5. The second kappa shape index (κ2) is 9.15. The van der Waals surface area contributed by atoms with Crippen LogP contribution in [0.5, 0.6) is 0 Å². The summed E-state index contributed by atoms with van der Waals surface area (Å²) in [5.41, 5.74) is 2.79. The van der Waals surface area contributed by atoms with E-state index < -0.39 is 23.8 Å². The van der Waals surface area contributed by atoms with Gasteiger partial charge in [-0.15, -0.1) is 0 Å². The third-order valence-corrected chi connectivity index (χ3v) is 6.84. The third kappa shape index (κ3) is 4.14. The number of benzene rings is 1. The van der Waals surface area contributed by atoms with Crippen LogP contribution in [0, 0.1) is 11.8 Å². The molecule has 5 amide bonds. The van der Waals surface area contributed by atoms with Gasteiger partial charge in [0.2, 0.25) is 11.8 Å². The van der Waals surface area contributed by atoms with Crippen molar-refractivity contribution in [3.05, 3.63) is 30.3 Å². The first kappa shape index (κ1) is 22.1. The lowest BCUT2D eigenvalue weighted by Crippen LogP contribution is -2.55. The van der Waals surface area contributed by atoms with Crippen molar-refractivity contribution < 1.29 is 24.4 Å². The van der Waals surface area contributed by atoms with Crippen LogP contribution in [0.15, 0.2) is 30.3 Å². The average Bonchev–Trinajstić information content (AvgIpc) is 3.09. The molecule has 32 heavy (non-hydrogen) atoms. The Morgan fingerprint density at radius 3 is 2.28 bits per heavy atom. The predicted octanol–water partition coefficient (Wildman–Crippen LogP) is 0.520. The number of anilines is 1. The van der Waals surface area contributed by atoms with Gasteiger partial charge in [0.05, 0.1) is 5.92 Å². The highest BCUT2D eigenvalue weighted by Crippen LogP contribution is 2.36. The lowest BCUT2D eigenvalue weighted by atomic mass is 9.75. The third-order valence-electron chi connectivity index (χ3n) is 6.84. The molecule has 0 aromatic heterocycles. The van der Waals surface area contributed by atoms with Gasteiger partial charge in [-0.2, -0.15) is 0 Å². The Bertz CT molecular complexity index is 886. The van der Waals surface area contributed by atoms with Gasteiger partial charge in [0.15, 0.2) is 0 Å². The van der Waals surface area contributed by atoms with Gasteiger partial charge < -0.3 is 14.7 Å². The number of urea groups is 1. The van der Waals surface area contributed by atoms with Gasteiger partial charge in [-0.25, -0.2) is 10.3 Å². The standard InChI is InChI=1S/C22H29N5O5/c1-24-14-19(28)27(22(24)31)16-7-8-17(18(13-16)20(29)23-32)21(30)26-11-9-25(10-12-26)15-5-3-2-4-6-15/h2-6,16-18,32H,7-14H2,1H3,(H,23,29)/t16-,17-,18-/m1/s1. The number of amides is 5. The van der Waals surface area contributed by atoms with E-state index in [1.165, 1.54) is 9.80 Å². The average molecular weight is 444 g/mol. The number of para-hydroxylation sites is 1. The fourth-order valence-corrected chi connectivity index (χ4v) is 5.11. The Morgan fingerprint density at radius 2 is 1.69 bits per heavy atom. The topological polar surface area (TPSA) is 114 Å². The Morgan fingerprint density at radius 1 is 1.00 bits per heavy atom. The molecule has 0 unspecified atom stereocenters. The van der Waals surface area contributed by atoms with Crippen LogP contribution in [0.4, 0.5) is 10.5 Å². The summed E-state index contributed by atoms with van der Waals surface area (Å²) in [6, 6.07) is 9.17. The highest BCUT2D eigenvalue weighted by Gasteiger charge is 2.47. The molecule has 2 aliphatic heterocycles. The van der Waals surface area contributed by atoms with E-state index in [-0.39, 0.29) is 30.8 Å². The summed E-state index contributed by atoms with van der Waals surface area (Å²) < 4.78 is 0. The van der Waals surface area contributed by atoms with Crippen LogP contribution in [0.25, 0.3) is 0 Å². The Kier molecular flexibility index (Phi) is 6.31. The molecule has 4 rings (SSSR count). The fraction of sp³-hybridized carbons (Fsp3) is 0.545. The summed E-state index contributed by atoms with van der Waals surface area (Å²) in [6.45, 7) is 2.51. The van der Waals surface area contributed by atoms with Crippen molar-refractivity contribution in [2.75, 3.05) is 44.7 Å². The highest BCUT2D eigenvalue weighted by molar-refractivity contribution is 6.02. The number of nitrogens with one attached hydrogen (secondary N) is 1. The molecule has 0 spiro atoms. The van der Waals surface area contributed by atoms with Crippen molar-refractivity contribution in [3.63, 3.8) is 0 Å². The van der Waals surface area contributed by atoms with Crippen LogP contribution >= 0.6 is 0 Å². The first-order chi connectivity index (χ1) is 15.4. The summed E-state index contributed by atoms with van der Waals surface area (Å²) in [5.74, 6) is -2.45. The van der Waals surface area contributed by atoms with Crippen molar-refractivity contribution in [1.82, 2.24) is 20.2 Å². The van der Waals surface area contributed by atoms with E-state index in [2.05, 4.69) is 4.90 Å². The van der Waals surface area contributed by atoms with Crippen LogP contribution in [0.2, 0.25) is 0 Å². The molecule has 3 atom stereocenters. The van der Waals surface area contributed by atoms with Crippen LogP contribution in [-0.2, 0) is 14.4 Å². The second-order valence-electron chi connectivity index (χ2n) is 8.71. The molecule has 10 heteroatoms. The van der Waals surface area contributed by atoms with E-state index in [1.54, 1.807) is 17.4 Å². The quantitative estimate of drug-likeness (QED) is 0.399. The van der Waals surface area contributed by atoms with Crippen LogP contribution in [0.3, 0.4) is 0 Å². The van der Waals surface area contributed by atoms with Gasteiger partial charge in [0.25, 0.3) is 5.91 Å². The monoisotopic (exact) mass is 443 g/mol. The van der Waals surface area contributed by atoms with Gasteiger partial charge in [0, 0.05) is 50.9 Å². The molecule has 3 fully saturated rings. The zero-order valence-corrected chi connectivity index (χ0v) is 18.1. The maximum absolute atomic E-state index is 13.3. The minimum absolute atomic E-state index is 0.0141. The number of likely N-dealkylation sites (N-methyl/N-ethyl adjacent to an activating group) is 1. The van der Waals surface area contributed by atoms with E-state index in [4.69, 9.17) is 0 Å². The van der Waals surface area contributed by atoms with E-state index in [1.807, 2.05) is 30.3 Å².